The fraction of sp³-hybridized carbons (Fsp3) is 0.292. The summed E-state index contributed by atoms with van der Waals surface area (Å²) in [5.74, 6) is -0.0579. The summed E-state index contributed by atoms with van der Waals surface area (Å²) in [5, 5.41) is 8.49. The van der Waals surface area contributed by atoms with Gasteiger partial charge in [0.25, 0.3) is 5.91 Å². The molecule has 1 fully saturated rings. The van der Waals surface area contributed by atoms with Gasteiger partial charge in [-0.05, 0) is 44.2 Å². The van der Waals surface area contributed by atoms with Crippen LogP contribution >= 0.6 is 0 Å². The second-order valence-corrected chi connectivity index (χ2v) is 8.36. The SMILES string of the molecule is CN1CCC(NC(=O)c2ccncc2)CC1c1cc2cc(-c3cnn(C)c3)cnc2cn1. The highest BCUT2D eigenvalue weighted by atomic mass is 16.1. The van der Waals surface area contributed by atoms with Crippen molar-refractivity contribution < 1.29 is 4.79 Å². The van der Waals surface area contributed by atoms with Gasteiger partial charge in [0, 0.05) is 66.5 Å². The van der Waals surface area contributed by atoms with Gasteiger partial charge in [0.05, 0.1) is 29.6 Å². The molecule has 4 aromatic rings. The van der Waals surface area contributed by atoms with Crippen molar-refractivity contribution in [2.75, 3.05) is 13.6 Å². The topological polar surface area (TPSA) is 88.8 Å². The standard InChI is InChI=1S/C24H25N7O/c1-30-8-5-20(29-24(32)16-3-6-25-7-4-16)11-23(30)21-10-17-9-18(12-26-22(17)14-27-21)19-13-28-31(2)15-19/h3-4,6-7,9-10,12-15,20,23H,5,8,11H2,1-2H3,(H,29,32). The highest BCUT2D eigenvalue weighted by molar-refractivity contribution is 5.94. The molecule has 0 bridgehead atoms. The van der Waals surface area contributed by atoms with Crippen LogP contribution in [0.2, 0.25) is 0 Å². The molecule has 4 aromatic heterocycles. The van der Waals surface area contributed by atoms with Crippen molar-refractivity contribution in [2.24, 2.45) is 7.05 Å². The summed E-state index contributed by atoms with van der Waals surface area (Å²) in [4.78, 5) is 28.2. The zero-order valence-electron chi connectivity index (χ0n) is 18.1. The molecule has 32 heavy (non-hydrogen) atoms. The van der Waals surface area contributed by atoms with Gasteiger partial charge in [-0.1, -0.05) is 0 Å². The minimum Gasteiger partial charge on any atom is -0.349 e. The minimum absolute atomic E-state index is 0.0579. The van der Waals surface area contributed by atoms with Crippen LogP contribution in [0.1, 0.15) is 34.9 Å². The summed E-state index contributed by atoms with van der Waals surface area (Å²) in [6.45, 7) is 0.889. The molecule has 0 radical (unpaired) electrons. The Balaban J connectivity index is 1.38. The Bertz CT molecular complexity index is 1250. The van der Waals surface area contributed by atoms with Gasteiger partial charge in [0.2, 0.25) is 0 Å². The third-order valence-electron chi connectivity index (χ3n) is 6.12. The number of piperidine rings is 1. The molecule has 0 aliphatic carbocycles. The summed E-state index contributed by atoms with van der Waals surface area (Å²) in [5.41, 5.74) is 4.56. The number of pyridine rings is 3. The summed E-state index contributed by atoms with van der Waals surface area (Å²) < 4.78 is 1.79. The summed E-state index contributed by atoms with van der Waals surface area (Å²) in [6, 6.07) is 7.94. The van der Waals surface area contributed by atoms with Crippen LogP contribution in [0.3, 0.4) is 0 Å². The van der Waals surface area contributed by atoms with E-state index in [1.54, 1.807) is 29.2 Å². The van der Waals surface area contributed by atoms with Gasteiger partial charge in [-0.15, -0.1) is 0 Å². The number of fused-ring (bicyclic) bond motifs is 1. The van der Waals surface area contributed by atoms with Gasteiger partial charge in [0.15, 0.2) is 0 Å². The number of carbonyl (C=O) groups is 1. The van der Waals surface area contributed by atoms with Crippen LogP contribution in [0.5, 0.6) is 0 Å². The van der Waals surface area contributed by atoms with Crippen LogP contribution < -0.4 is 5.32 Å². The van der Waals surface area contributed by atoms with Crippen LogP contribution in [0, 0.1) is 0 Å². The molecule has 5 rings (SSSR count). The second-order valence-electron chi connectivity index (χ2n) is 8.36. The van der Waals surface area contributed by atoms with Gasteiger partial charge in [0.1, 0.15) is 0 Å². The Labute approximate surface area is 186 Å². The van der Waals surface area contributed by atoms with Gasteiger partial charge in [-0.2, -0.15) is 5.10 Å². The van der Waals surface area contributed by atoms with Gasteiger partial charge < -0.3 is 5.32 Å². The number of aryl methyl sites for hydroxylation is 1. The third kappa shape index (κ3) is 4.09. The lowest BCUT2D eigenvalue weighted by atomic mass is 9.94. The number of aromatic nitrogens is 5. The van der Waals surface area contributed by atoms with E-state index in [0.717, 1.165) is 47.1 Å². The average Bonchev–Trinajstić information content (AvgIpc) is 3.26. The maximum atomic E-state index is 12.6. The molecule has 1 N–H and O–H groups in total. The number of nitrogens with zero attached hydrogens (tertiary/aromatic N) is 6. The molecule has 162 valence electrons. The third-order valence-corrected chi connectivity index (χ3v) is 6.12. The zero-order chi connectivity index (χ0) is 22.1. The highest BCUT2D eigenvalue weighted by Gasteiger charge is 2.29. The Morgan fingerprint density at radius 2 is 1.91 bits per heavy atom. The van der Waals surface area contributed by atoms with E-state index in [2.05, 4.69) is 44.5 Å². The molecule has 2 atom stereocenters. The fourth-order valence-electron chi connectivity index (χ4n) is 4.29. The first-order valence-electron chi connectivity index (χ1n) is 10.7. The average molecular weight is 428 g/mol. The first kappa shape index (κ1) is 20.3. The minimum atomic E-state index is -0.0579. The smallest absolute Gasteiger partial charge is 0.251 e. The van der Waals surface area contributed by atoms with Crippen molar-refractivity contribution in [1.82, 2.24) is 34.9 Å². The Hall–Kier alpha value is -3.65. The lowest BCUT2D eigenvalue weighted by molar-refractivity contribution is 0.0886. The molecule has 1 aliphatic heterocycles. The van der Waals surface area contributed by atoms with Crippen molar-refractivity contribution in [3.05, 3.63) is 72.7 Å². The number of hydrogen-bond donors (Lipinski definition) is 1. The van der Waals surface area contributed by atoms with E-state index in [1.807, 2.05) is 31.8 Å². The molecule has 1 saturated heterocycles. The molecule has 2 unspecified atom stereocenters. The monoisotopic (exact) mass is 427 g/mol. The first-order valence-corrected chi connectivity index (χ1v) is 10.7. The predicted molar refractivity (Wildman–Crippen MR) is 122 cm³/mol. The summed E-state index contributed by atoms with van der Waals surface area (Å²) in [6.07, 6.45) is 12.5. The maximum Gasteiger partial charge on any atom is 0.251 e. The van der Waals surface area contributed by atoms with Crippen molar-refractivity contribution >= 4 is 16.8 Å². The maximum absolute atomic E-state index is 12.6. The van der Waals surface area contributed by atoms with Gasteiger partial charge in [-0.3, -0.25) is 29.3 Å². The van der Waals surface area contributed by atoms with Crippen molar-refractivity contribution in [2.45, 2.75) is 24.9 Å². The number of rotatable bonds is 4. The molecule has 0 spiro atoms. The number of hydrogen-bond acceptors (Lipinski definition) is 6. The molecule has 5 heterocycles. The summed E-state index contributed by atoms with van der Waals surface area (Å²) in [7, 11) is 4.02. The molecular formula is C24H25N7O. The lowest BCUT2D eigenvalue weighted by Gasteiger charge is -2.37. The van der Waals surface area contributed by atoms with Gasteiger partial charge in [-0.25, -0.2) is 0 Å². The van der Waals surface area contributed by atoms with Gasteiger partial charge >= 0.3 is 0 Å². The molecule has 1 aliphatic rings. The Morgan fingerprint density at radius 3 is 2.69 bits per heavy atom. The van der Waals surface area contributed by atoms with E-state index in [9.17, 15) is 4.79 Å². The number of amides is 1. The number of carbonyl (C=O) groups excluding carboxylic acids is 1. The number of likely N-dealkylation sites (tertiary alicyclic amines) is 1. The van der Waals surface area contributed by atoms with E-state index in [1.165, 1.54) is 0 Å². The molecule has 0 aromatic carbocycles. The van der Waals surface area contributed by atoms with Crippen LogP contribution in [-0.2, 0) is 7.05 Å². The predicted octanol–water partition coefficient (Wildman–Crippen LogP) is 2.99. The van der Waals surface area contributed by atoms with E-state index in [0.29, 0.717) is 5.56 Å². The van der Waals surface area contributed by atoms with Crippen LogP contribution in [0.15, 0.2) is 61.4 Å². The van der Waals surface area contributed by atoms with Crippen molar-refractivity contribution in [3.8, 4) is 11.1 Å². The van der Waals surface area contributed by atoms with E-state index < -0.39 is 0 Å². The lowest BCUT2D eigenvalue weighted by Crippen LogP contribution is -2.45. The Kier molecular flexibility index (Phi) is 5.36. The van der Waals surface area contributed by atoms with E-state index in [-0.39, 0.29) is 18.0 Å². The molecule has 0 saturated carbocycles. The van der Waals surface area contributed by atoms with E-state index in [4.69, 9.17) is 4.98 Å². The molecule has 8 heteroatoms. The molecule has 8 nitrogen and oxygen atoms in total. The van der Waals surface area contributed by atoms with Crippen LogP contribution in [-0.4, -0.2) is 55.2 Å². The zero-order valence-corrected chi connectivity index (χ0v) is 18.1. The fourth-order valence-corrected chi connectivity index (χ4v) is 4.29. The molecular weight excluding hydrogens is 402 g/mol. The quantitative estimate of drug-likeness (QED) is 0.539. The molecule has 1 amide bonds. The van der Waals surface area contributed by atoms with Crippen molar-refractivity contribution in [3.63, 3.8) is 0 Å². The van der Waals surface area contributed by atoms with Crippen LogP contribution in [0.4, 0.5) is 0 Å². The van der Waals surface area contributed by atoms with Crippen molar-refractivity contribution in [1.29, 1.82) is 0 Å². The summed E-state index contributed by atoms with van der Waals surface area (Å²) >= 11 is 0. The number of nitrogens with one attached hydrogen (secondary N) is 1. The van der Waals surface area contributed by atoms with E-state index >= 15 is 0 Å². The Morgan fingerprint density at radius 1 is 1.06 bits per heavy atom. The first-order chi connectivity index (χ1) is 15.6. The van der Waals surface area contributed by atoms with Crippen LogP contribution in [0.25, 0.3) is 22.0 Å². The second kappa shape index (κ2) is 8.47. The highest BCUT2D eigenvalue weighted by Crippen LogP contribution is 2.31. The normalized spacial score (nSPS) is 19.2. The largest absolute Gasteiger partial charge is 0.349 e.